The van der Waals surface area contributed by atoms with Gasteiger partial charge in [-0.2, -0.15) is 9.78 Å². The van der Waals surface area contributed by atoms with E-state index in [2.05, 4.69) is 10.4 Å². The van der Waals surface area contributed by atoms with Crippen LogP contribution < -0.4 is 10.9 Å². The average molecular weight is 404 g/mol. The Morgan fingerprint density at radius 1 is 1.13 bits per heavy atom. The van der Waals surface area contributed by atoms with Crippen LogP contribution in [0.5, 0.6) is 0 Å². The van der Waals surface area contributed by atoms with Crippen LogP contribution in [0.15, 0.2) is 64.1 Å². The van der Waals surface area contributed by atoms with Crippen molar-refractivity contribution in [1.29, 1.82) is 0 Å². The largest absolute Gasteiger partial charge is 0.467 e. The first-order valence-electron chi connectivity index (χ1n) is 9.97. The van der Waals surface area contributed by atoms with Crippen LogP contribution in [0.25, 0.3) is 16.5 Å². The third-order valence-corrected chi connectivity index (χ3v) is 5.47. The van der Waals surface area contributed by atoms with Crippen LogP contribution in [0.3, 0.4) is 0 Å². The van der Waals surface area contributed by atoms with Gasteiger partial charge in [0.15, 0.2) is 0 Å². The molecular weight excluding hydrogens is 380 g/mol. The lowest BCUT2D eigenvalue weighted by molar-refractivity contribution is -0.124. The second-order valence-electron chi connectivity index (χ2n) is 7.25. The fraction of sp³-hybridized carbons (Fsp3) is 0.261. The number of para-hydroxylation sites is 1. The maximum Gasteiger partial charge on any atom is 0.281 e. The normalized spacial score (nSPS) is 12.2. The topological polar surface area (TPSA) is 82.1 Å². The molecule has 4 rings (SSSR count). The van der Waals surface area contributed by atoms with Crippen molar-refractivity contribution in [2.75, 3.05) is 0 Å². The van der Waals surface area contributed by atoms with E-state index in [0.717, 1.165) is 16.8 Å². The zero-order valence-electron chi connectivity index (χ0n) is 17.3. The molecule has 0 spiro atoms. The Bertz CT molecular complexity index is 1240. The van der Waals surface area contributed by atoms with E-state index >= 15 is 0 Å². The zero-order chi connectivity index (χ0) is 21.3. The number of furan rings is 1. The fourth-order valence-electron chi connectivity index (χ4n) is 3.99. The molecule has 0 bridgehead atoms. The van der Waals surface area contributed by atoms with Gasteiger partial charge in [-0.15, -0.1) is 0 Å². The molecule has 1 aromatic carbocycles. The summed E-state index contributed by atoms with van der Waals surface area (Å²) in [5.41, 5.74) is 2.13. The van der Waals surface area contributed by atoms with Crippen LogP contribution in [-0.4, -0.2) is 20.3 Å². The predicted molar refractivity (Wildman–Crippen MR) is 115 cm³/mol. The molecule has 3 aromatic heterocycles. The summed E-state index contributed by atoms with van der Waals surface area (Å²) in [6.07, 6.45) is 3.87. The molecule has 0 unspecified atom stereocenters. The van der Waals surface area contributed by atoms with Gasteiger partial charge in [-0.25, -0.2) is 0 Å². The third kappa shape index (κ3) is 3.32. The number of carbonyl (C=O) groups excluding carboxylic acids is 1. The molecule has 0 aliphatic rings. The summed E-state index contributed by atoms with van der Waals surface area (Å²) in [5, 5.41) is 8.66. The van der Waals surface area contributed by atoms with Crippen molar-refractivity contribution in [2.45, 2.75) is 39.8 Å². The second-order valence-corrected chi connectivity index (χ2v) is 7.25. The van der Waals surface area contributed by atoms with Crippen LogP contribution >= 0.6 is 0 Å². The van der Waals surface area contributed by atoms with Crippen molar-refractivity contribution in [1.82, 2.24) is 19.7 Å². The molecule has 30 heavy (non-hydrogen) atoms. The molecule has 1 N–H and O–H groups in total. The van der Waals surface area contributed by atoms with Gasteiger partial charge in [-0.05, 0) is 44.5 Å². The van der Waals surface area contributed by atoms with E-state index in [4.69, 9.17) is 4.42 Å². The highest BCUT2D eigenvalue weighted by molar-refractivity contribution is 5.89. The van der Waals surface area contributed by atoms with E-state index in [-0.39, 0.29) is 11.5 Å². The number of carbonyl (C=O) groups is 1. The summed E-state index contributed by atoms with van der Waals surface area (Å²) >= 11 is 0. The molecule has 0 saturated heterocycles. The number of hydrogen-bond acceptors (Lipinski definition) is 4. The maximum absolute atomic E-state index is 13.3. The van der Waals surface area contributed by atoms with Crippen LogP contribution in [0.4, 0.5) is 0 Å². The molecule has 1 atom stereocenters. The summed E-state index contributed by atoms with van der Waals surface area (Å²) < 4.78 is 8.64. The van der Waals surface area contributed by atoms with Gasteiger partial charge in [0.05, 0.1) is 30.1 Å². The highest BCUT2D eigenvalue weighted by Crippen LogP contribution is 2.28. The molecule has 0 saturated carbocycles. The minimum atomic E-state index is -0.433. The number of nitrogens with one attached hydrogen (secondary N) is 1. The molecule has 0 aliphatic heterocycles. The van der Waals surface area contributed by atoms with Crippen LogP contribution in [-0.2, 0) is 11.3 Å². The SMILES string of the molecule is CC[C@H](C(=O)NCc1ccco1)n1c(C)c2cnn(-c3ccccc3)c(=O)c2c1C. The number of rotatable bonds is 6. The Labute approximate surface area is 173 Å². The highest BCUT2D eigenvalue weighted by Gasteiger charge is 2.25. The van der Waals surface area contributed by atoms with Crippen molar-refractivity contribution in [3.05, 3.63) is 82.4 Å². The molecule has 4 aromatic rings. The predicted octanol–water partition coefficient (Wildman–Crippen LogP) is 3.66. The van der Waals surface area contributed by atoms with Gasteiger partial charge in [-0.1, -0.05) is 25.1 Å². The van der Waals surface area contributed by atoms with E-state index in [1.54, 1.807) is 18.5 Å². The second kappa shape index (κ2) is 8.02. The third-order valence-electron chi connectivity index (χ3n) is 5.47. The molecule has 0 radical (unpaired) electrons. The first-order chi connectivity index (χ1) is 14.5. The number of benzene rings is 1. The van der Waals surface area contributed by atoms with Crippen molar-refractivity contribution in [2.24, 2.45) is 0 Å². The number of aryl methyl sites for hydroxylation is 2. The van der Waals surface area contributed by atoms with Crippen LogP contribution in [0, 0.1) is 13.8 Å². The first kappa shape index (κ1) is 19.7. The summed E-state index contributed by atoms with van der Waals surface area (Å²) in [6, 6.07) is 12.5. The molecule has 1 amide bonds. The smallest absolute Gasteiger partial charge is 0.281 e. The first-order valence-corrected chi connectivity index (χ1v) is 9.97. The van der Waals surface area contributed by atoms with Crippen molar-refractivity contribution in [3.63, 3.8) is 0 Å². The van der Waals surface area contributed by atoms with Gasteiger partial charge in [0.25, 0.3) is 5.56 Å². The lowest BCUT2D eigenvalue weighted by atomic mass is 10.2. The monoisotopic (exact) mass is 404 g/mol. The molecule has 0 fully saturated rings. The maximum atomic E-state index is 13.3. The molecule has 154 valence electrons. The number of aromatic nitrogens is 3. The Morgan fingerprint density at radius 3 is 2.57 bits per heavy atom. The van der Waals surface area contributed by atoms with E-state index in [1.165, 1.54) is 4.68 Å². The van der Waals surface area contributed by atoms with Crippen LogP contribution in [0.1, 0.15) is 36.5 Å². The zero-order valence-corrected chi connectivity index (χ0v) is 17.3. The van der Waals surface area contributed by atoms with Crippen molar-refractivity contribution >= 4 is 16.7 Å². The van der Waals surface area contributed by atoms with Gasteiger partial charge in [-0.3, -0.25) is 9.59 Å². The summed E-state index contributed by atoms with van der Waals surface area (Å²) in [4.78, 5) is 26.2. The van der Waals surface area contributed by atoms with Gasteiger partial charge in [0, 0.05) is 16.8 Å². The minimum Gasteiger partial charge on any atom is -0.467 e. The lowest BCUT2D eigenvalue weighted by Crippen LogP contribution is -2.32. The van der Waals surface area contributed by atoms with Crippen LogP contribution in [0.2, 0.25) is 0 Å². The molecular formula is C23H24N4O3. The summed E-state index contributed by atoms with van der Waals surface area (Å²) in [5.74, 6) is 0.580. The number of hydrogen-bond donors (Lipinski definition) is 1. The highest BCUT2D eigenvalue weighted by atomic mass is 16.3. The number of fused-ring (bicyclic) bond motifs is 1. The Kier molecular flexibility index (Phi) is 5.27. The van der Waals surface area contributed by atoms with Gasteiger partial charge in [0.1, 0.15) is 11.8 Å². The molecule has 7 nitrogen and oxygen atoms in total. The van der Waals surface area contributed by atoms with Crippen molar-refractivity contribution < 1.29 is 9.21 Å². The number of nitrogens with zero attached hydrogens (tertiary/aromatic N) is 3. The Morgan fingerprint density at radius 2 is 1.90 bits per heavy atom. The molecule has 3 heterocycles. The van der Waals surface area contributed by atoms with Gasteiger partial charge >= 0.3 is 0 Å². The quantitative estimate of drug-likeness (QED) is 0.532. The van der Waals surface area contributed by atoms with E-state index in [0.29, 0.717) is 29.8 Å². The van der Waals surface area contributed by atoms with E-state index in [9.17, 15) is 9.59 Å². The van der Waals surface area contributed by atoms with E-state index in [1.807, 2.05) is 61.7 Å². The van der Waals surface area contributed by atoms with Gasteiger partial charge in [0.2, 0.25) is 5.91 Å². The van der Waals surface area contributed by atoms with Crippen molar-refractivity contribution in [3.8, 4) is 5.69 Å². The summed E-state index contributed by atoms with van der Waals surface area (Å²) in [6.45, 7) is 6.09. The summed E-state index contributed by atoms with van der Waals surface area (Å²) in [7, 11) is 0. The standard InChI is InChI=1S/C23H24N4O3/c1-4-20(22(28)24-13-18-11-8-12-30-18)26-15(2)19-14-25-27(17-9-6-5-7-10-17)23(29)21(19)16(26)3/h5-12,14,20H,4,13H2,1-3H3,(H,24,28)/t20-/m1/s1. The Hall–Kier alpha value is -3.61. The van der Waals surface area contributed by atoms with E-state index < -0.39 is 6.04 Å². The average Bonchev–Trinajstić information content (AvgIpc) is 3.36. The molecule has 7 heteroatoms. The number of amides is 1. The molecule has 0 aliphatic carbocycles. The fourth-order valence-corrected chi connectivity index (χ4v) is 3.99. The lowest BCUT2D eigenvalue weighted by Gasteiger charge is -2.20. The minimum absolute atomic E-state index is 0.114. The van der Waals surface area contributed by atoms with Gasteiger partial charge < -0.3 is 14.3 Å². The Balaban J connectivity index is 1.76.